The van der Waals surface area contributed by atoms with Crippen LogP contribution in [0.25, 0.3) is 0 Å². The average Bonchev–Trinajstić information content (AvgIpc) is 2.34. The van der Waals surface area contributed by atoms with Crippen LogP contribution in [0, 0.1) is 5.41 Å². The molecular weight excluding hydrogens is 320 g/mol. The number of allylic oxidation sites excluding steroid dienone is 1. The monoisotopic (exact) mass is 346 g/mol. The molecule has 1 rings (SSSR count). The lowest BCUT2D eigenvalue weighted by molar-refractivity contribution is -0.128. The topological polar surface area (TPSA) is 102 Å². The van der Waals surface area contributed by atoms with Gasteiger partial charge in [-0.05, 0) is 40.0 Å². The van der Waals surface area contributed by atoms with Crippen LogP contribution in [0.15, 0.2) is 11.6 Å². The van der Waals surface area contributed by atoms with Crippen molar-refractivity contribution in [3.63, 3.8) is 0 Å². The number of carbonyl (C=O) groups is 2. The molecule has 1 atom stereocenters. The van der Waals surface area contributed by atoms with Crippen molar-refractivity contribution in [3.8, 4) is 0 Å². The first-order valence-electron chi connectivity index (χ1n) is 7.48. The van der Waals surface area contributed by atoms with Crippen LogP contribution in [0.4, 0.5) is 4.79 Å². The van der Waals surface area contributed by atoms with E-state index < -0.39 is 33.0 Å². The molecule has 1 aliphatic carbocycles. The SMILES string of the molecule is CC(C)(C)OC(=O)NCC1=CCC(C)(C(=O)NS(C)(=O)=O)CC1. The lowest BCUT2D eigenvalue weighted by Crippen LogP contribution is -2.42. The van der Waals surface area contributed by atoms with Gasteiger partial charge in [0.15, 0.2) is 0 Å². The number of hydrogen-bond donors (Lipinski definition) is 2. The third kappa shape index (κ3) is 7.02. The van der Waals surface area contributed by atoms with Crippen LogP contribution in [-0.2, 0) is 19.6 Å². The van der Waals surface area contributed by atoms with Crippen LogP contribution in [0.2, 0.25) is 0 Å². The van der Waals surface area contributed by atoms with E-state index in [0.29, 0.717) is 25.8 Å². The molecule has 1 aliphatic rings. The third-order valence-electron chi connectivity index (χ3n) is 3.52. The highest BCUT2D eigenvalue weighted by atomic mass is 32.2. The summed E-state index contributed by atoms with van der Waals surface area (Å²) in [5, 5.41) is 2.68. The van der Waals surface area contributed by atoms with Crippen molar-refractivity contribution in [2.24, 2.45) is 5.41 Å². The van der Waals surface area contributed by atoms with E-state index in [4.69, 9.17) is 4.74 Å². The molecule has 0 bridgehead atoms. The molecule has 0 saturated carbocycles. The van der Waals surface area contributed by atoms with Gasteiger partial charge in [-0.2, -0.15) is 0 Å². The van der Waals surface area contributed by atoms with Crippen LogP contribution in [0.3, 0.4) is 0 Å². The fraction of sp³-hybridized carbons (Fsp3) is 0.733. The summed E-state index contributed by atoms with van der Waals surface area (Å²) in [6.45, 7) is 7.47. The number of rotatable bonds is 4. The molecule has 0 aromatic rings. The number of nitrogens with one attached hydrogen (secondary N) is 2. The number of sulfonamides is 1. The summed E-state index contributed by atoms with van der Waals surface area (Å²) in [6, 6.07) is 0. The highest BCUT2D eigenvalue weighted by Gasteiger charge is 2.35. The molecular formula is C15H26N2O5S. The van der Waals surface area contributed by atoms with Gasteiger partial charge in [0.25, 0.3) is 0 Å². The van der Waals surface area contributed by atoms with E-state index in [-0.39, 0.29) is 0 Å². The first kappa shape index (κ1) is 19.5. The Labute approximate surface area is 137 Å². The van der Waals surface area contributed by atoms with Gasteiger partial charge in [0.05, 0.1) is 11.7 Å². The normalized spacial score (nSPS) is 22.0. The van der Waals surface area contributed by atoms with Crippen molar-refractivity contribution < 1.29 is 22.7 Å². The maximum Gasteiger partial charge on any atom is 0.407 e. The van der Waals surface area contributed by atoms with E-state index in [1.807, 2.05) is 10.8 Å². The van der Waals surface area contributed by atoms with Gasteiger partial charge in [-0.15, -0.1) is 0 Å². The van der Waals surface area contributed by atoms with Gasteiger partial charge in [0, 0.05) is 6.54 Å². The molecule has 7 nitrogen and oxygen atoms in total. The van der Waals surface area contributed by atoms with Gasteiger partial charge in [0.2, 0.25) is 15.9 Å². The number of ether oxygens (including phenoxy) is 1. The zero-order valence-electron chi connectivity index (χ0n) is 14.4. The zero-order chi connectivity index (χ0) is 17.9. The molecule has 0 spiro atoms. The van der Waals surface area contributed by atoms with Gasteiger partial charge < -0.3 is 10.1 Å². The van der Waals surface area contributed by atoms with Crippen molar-refractivity contribution in [2.75, 3.05) is 12.8 Å². The molecule has 0 aromatic carbocycles. The van der Waals surface area contributed by atoms with Crippen molar-refractivity contribution in [2.45, 2.75) is 52.6 Å². The number of alkyl carbamates (subject to hydrolysis) is 1. The second kappa shape index (κ2) is 6.90. The van der Waals surface area contributed by atoms with E-state index in [9.17, 15) is 18.0 Å². The largest absolute Gasteiger partial charge is 0.444 e. The Morgan fingerprint density at radius 2 is 1.96 bits per heavy atom. The Bertz CT molecular complexity index is 604. The van der Waals surface area contributed by atoms with Crippen LogP contribution in [-0.4, -0.2) is 38.8 Å². The minimum Gasteiger partial charge on any atom is -0.444 e. The Morgan fingerprint density at radius 1 is 1.35 bits per heavy atom. The smallest absolute Gasteiger partial charge is 0.407 e. The summed E-state index contributed by atoms with van der Waals surface area (Å²) in [5.74, 6) is -0.490. The lowest BCUT2D eigenvalue weighted by Gasteiger charge is -2.31. The van der Waals surface area contributed by atoms with E-state index in [1.165, 1.54) is 0 Å². The fourth-order valence-electron chi connectivity index (χ4n) is 2.17. The summed E-state index contributed by atoms with van der Waals surface area (Å²) < 4.78 is 29.5. The average molecular weight is 346 g/mol. The van der Waals surface area contributed by atoms with Gasteiger partial charge in [0.1, 0.15) is 5.60 Å². The number of amides is 2. The number of carbonyl (C=O) groups excluding carboxylic acids is 2. The van der Waals surface area contributed by atoms with Gasteiger partial charge in [-0.25, -0.2) is 13.2 Å². The highest BCUT2D eigenvalue weighted by molar-refractivity contribution is 7.89. The van der Waals surface area contributed by atoms with Crippen molar-refractivity contribution in [1.29, 1.82) is 0 Å². The molecule has 23 heavy (non-hydrogen) atoms. The molecule has 0 aliphatic heterocycles. The fourth-order valence-corrected chi connectivity index (χ4v) is 2.75. The second-order valence-corrected chi connectivity index (χ2v) is 8.93. The van der Waals surface area contributed by atoms with Gasteiger partial charge in [-0.1, -0.05) is 18.6 Å². The van der Waals surface area contributed by atoms with E-state index in [1.54, 1.807) is 27.7 Å². The van der Waals surface area contributed by atoms with Crippen molar-refractivity contribution in [1.82, 2.24) is 10.0 Å². The Kier molecular flexibility index (Phi) is 5.84. The first-order valence-corrected chi connectivity index (χ1v) is 9.37. The van der Waals surface area contributed by atoms with Gasteiger partial charge >= 0.3 is 6.09 Å². The predicted molar refractivity (Wildman–Crippen MR) is 87.3 cm³/mol. The van der Waals surface area contributed by atoms with E-state index in [0.717, 1.165) is 11.8 Å². The third-order valence-corrected chi connectivity index (χ3v) is 4.08. The van der Waals surface area contributed by atoms with E-state index >= 15 is 0 Å². The second-order valence-electron chi connectivity index (χ2n) is 7.19. The Balaban J connectivity index is 2.55. The zero-order valence-corrected chi connectivity index (χ0v) is 15.2. The van der Waals surface area contributed by atoms with Crippen LogP contribution in [0.1, 0.15) is 47.0 Å². The molecule has 0 fully saturated rings. The Morgan fingerprint density at radius 3 is 2.39 bits per heavy atom. The summed E-state index contributed by atoms with van der Waals surface area (Å²) in [5.41, 5.74) is -0.299. The minimum absolute atomic E-state index is 0.360. The highest BCUT2D eigenvalue weighted by Crippen LogP contribution is 2.35. The molecule has 2 amide bonds. The van der Waals surface area contributed by atoms with Crippen molar-refractivity contribution in [3.05, 3.63) is 11.6 Å². The van der Waals surface area contributed by atoms with Crippen molar-refractivity contribution >= 4 is 22.0 Å². The number of hydrogen-bond acceptors (Lipinski definition) is 5. The Hall–Kier alpha value is -1.57. The molecule has 8 heteroatoms. The molecule has 1 unspecified atom stereocenters. The maximum absolute atomic E-state index is 12.1. The molecule has 132 valence electrons. The lowest BCUT2D eigenvalue weighted by atomic mass is 9.76. The molecule has 0 radical (unpaired) electrons. The van der Waals surface area contributed by atoms with Crippen LogP contribution >= 0.6 is 0 Å². The summed E-state index contributed by atoms with van der Waals surface area (Å²) in [4.78, 5) is 23.7. The summed E-state index contributed by atoms with van der Waals surface area (Å²) in [6.07, 6.45) is 3.92. The predicted octanol–water partition coefficient (Wildman–Crippen LogP) is 1.70. The first-order chi connectivity index (χ1) is 10.3. The minimum atomic E-state index is -3.56. The standard InChI is InChI=1S/C15H26N2O5S/c1-14(2,3)22-13(19)16-10-11-6-8-15(4,9-7-11)12(18)17-23(5,20)21/h6H,7-10H2,1-5H3,(H,16,19)(H,17,18). The molecule has 2 N–H and O–H groups in total. The quantitative estimate of drug-likeness (QED) is 0.755. The van der Waals surface area contributed by atoms with E-state index in [2.05, 4.69) is 5.32 Å². The molecule has 0 saturated heterocycles. The van der Waals surface area contributed by atoms with Gasteiger partial charge in [-0.3, -0.25) is 9.52 Å². The maximum atomic E-state index is 12.1. The molecule has 0 aromatic heterocycles. The summed E-state index contributed by atoms with van der Waals surface area (Å²) >= 11 is 0. The molecule has 0 heterocycles. The van der Waals surface area contributed by atoms with Crippen LogP contribution < -0.4 is 10.0 Å². The summed E-state index contributed by atoms with van der Waals surface area (Å²) in [7, 11) is -3.56. The van der Waals surface area contributed by atoms with Crippen LogP contribution in [0.5, 0.6) is 0 Å².